The smallest absolute Gasteiger partial charge is 0.415 e. The number of nitrogens with zero attached hydrogens (tertiary/aromatic N) is 4. The molecule has 6 aromatic rings. The van der Waals surface area contributed by atoms with E-state index in [-0.39, 0.29) is 34.6 Å². The summed E-state index contributed by atoms with van der Waals surface area (Å²) in [6, 6.07) is 19.4. The highest BCUT2D eigenvalue weighted by molar-refractivity contribution is 6.02. The van der Waals surface area contributed by atoms with E-state index in [4.69, 9.17) is 32.7 Å². The number of nitrogens with one attached hydrogen (secondary N) is 1. The third-order valence-electron chi connectivity index (χ3n) is 10.7. The number of rotatable bonds is 14. The summed E-state index contributed by atoms with van der Waals surface area (Å²) >= 11 is 0. The lowest BCUT2D eigenvalue weighted by atomic mass is 9.94. The number of piperazine rings is 1. The van der Waals surface area contributed by atoms with Gasteiger partial charge in [-0.2, -0.15) is 0 Å². The Bertz CT molecular complexity index is 2530. The summed E-state index contributed by atoms with van der Waals surface area (Å²) in [6.45, 7) is 8.73. The average molecular weight is 848 g/mol. The van der Waals surface area contributed by atoms with E-state index in [9.17, 15) is 19.8 Å². The molecular weight excluding hydrogens is 799 g/mol. The summed E-state index contributed by atoms with van der Waals surface area (Å²) < 4.78 is 39.5. The van der Waals surface area contributed by atoms with Crippen molar-refractivity contribution in [3.05, 3.63) is 89.7 Å². The van der Waals surface area contributed by atoms with Crippen LogP contribution in [0.1, 0.15) is 48.3 Å². The molecule has 1 aliphatic heterocycles. The van der Waals surface area contributed by atoms with Gasteiger partial charge in [-0.3, -0.25) is 9.69 Å². The molecule has 16 nitrogen and oxygen atoms in total. The molecule has 3 heterocycles. The molecule has 4 aromatic carbocycles. The average Bonchev–Trinajstić information content (AvgIpc) is 3.95. The van der Waals surface area contributed by atoms with Crippen molar-refractivity contribution >= 4 is 12.0 Å². The molecule has 0 saturated carbocycles. The number of aromatic nitrogens is 2. The van der Waals surface area contributed by atoms with Gasteiger partial charge in [-0.05, 0) is 65.4 Å². The van der Waals surface area contributed by atoms with Gasteiger partial charge in [0.05, 0.1) is 45.8 Å². The molecule has 3 N–H and O–H groups in total. The van der Waals surface area contributed by atoms with Crippen LogP contribution < -0.4 is 29.0 Å². The number of benzene rings is 4. The first kappa shape index (κ1) is 42.9. The first-order valence-electron chi connectivity index (χ1n) is 20.0. The van der Waals surface area contributed by atoms with Crippen molar-refractivity contribution < 1.29 is 52.5 Å². The number of phenols is 2. The molecule has 1 aliphatic rings. The molecule has 62 heavy (non-hydrogen) atoms. The predicted octanol–water partition coefficient (Wildman–Crippen LogP) is 7.97. The zero-order valence-corrected chi connectivity index (χ0v) is 35.6. The van der Waals surface area contributed by atoms with Crippen LogP contribution >= 0.6 is 0 Å². The number of amides is 2. The zero-order valence-electron chi connectivity index (χ0n) is 35.6. The number of methoxy groups -OCH3 is 4. The quantitative estimate of drug-likeness (QED) is 0.0956. The van der Waals surface area contributed by atoms with Gasteiger partial charge in [-0.15, -0.1) is 0 Å². The van der Waals surface area contributed by atoms with Gasteiger partial charge in [-0.25, -0.2) is 4.79 Å². The van der Waals surface area contributed by atoms with Crippen molar-refractivity contribution in [3.8, 4) is 85.1 Å². The van der Waals surface area contributed by atoms with Crippen LogP contribution in [0.25, 0.3) is 44.9 Å². The number of carbonyl (C=O) groups excluding carboxylic acids is 2. The van der Waals surface area contributed by atoms with Crippen LogP contribution in [0.3, 0.4) is 0 Å². The van der Waals surface area contributed by atoms with Crippen molar-refractivity contribution in [1.82, 2.24) is 25.4 Å². The first-order chi connectivity index (χ1) is 30.0. The van der Waals surface area contributed by atoms with E-state index >= 15 is 0 Å². The Balaban J connectivity index is 1.03. The van der Waals surface area contributed by atoms with Gasteiger partial charge >= 0.3 is 6.09 Å². The van der Waals surface area contributed by atoms with Crippen LogP contribution in [0.15, 0.2) is 82.0 Å². The topological polar surface area (TPSA) is 191 Å². The van der Waals surface area contributed by atoms with Crippen LogP contribution in [0.4, 0.5) is 4.79 Å². The molecule has 2 aromatic heterocycles. The minimum Gasteiger partial charge on any atom is -0.508 e. The van der Waals surface area contributed by atoms with Crippen molar-refractivity contribution in [3.63, 3.8) is 0 Å². The molecule has 0 spiro atoms. The second kappa shape index (κ2) is 18.6. The Morgan fingerprint density at radius 2 is 1.40 bits per heavy atom. The highest BCUT2D eigenvalue weighted by Crippen LogP contribution is 2.45. The van der Waals surface area contributed by atoms with Gasteiger partial charge < -0.3 is 53.2 Å². The standard InChI is InChI=1S/C46H49N5O11/c1-8-47-45(54)41-40(43(62-49-41)32-22-31(26(2)3)34(52)23-35(32)53)28-11-9-27(10-12-28)25-50-15-17-51(18-16-50)46(55)60-37-19-29(13-14-36(37)56-4)33-24-48-61-42(33)30-20-38(57-5)44(59-7)39(21-30)58-6/h9-14,19-24,26,52-53H,8,15-18,25H2,1-7H3,(H,47,54). The molecular formula is C46H49N5O11. The summed E-state index contributed by atoms with van der Waals surface area (Å²) in [5.41, 5.74) is 5.06. The number of aromatic hydroxyl groups is 2. The lowest BCUT2D eigenvalue weighted by molar-refractivity contribution is 0.0947. The summed E-state index contributed by atoms with van der Waals surface area (Å²) in [7, 11) is 6.11. The summed E-state index contributed by atoms with van der Waals surface area (Å²) in [6.07, 6.45) is 1.08. The van der Waals surface area contributed by atoms with Crippen LogP contribution in [-0.2, 0) is 6.54 Å². The van der Waals surface area contributed by atoms with Crippen LogP contribution in [0, 0.1) is 0 Å². The van der Waals surface area contributed by atoms with Crippen LogP contribution in [0.5, 0.6) is 40.2 Å². The molecule has 0 bridgehead atoms. The molecule has 1 saturated heterocycles. The van der Waals surface area contributed by atoms with Crippen molar-refractivity contribution in [2.75, 3.05) is 61.2 Å². The van der Waals surface area contributed by atoms with Crippen LogP contribution in [0.2, 0.25) is 0 Å². The molecule has 0 unspecified atom stereocenters. The summed E-state index contributed by atoms with van der Waals surface area (Å²) in [4.78, 5) is 30.6. The fourth-order valence-corrected chi connectivity index (χ4v) is 7.45. The first-order valence-corrected chi connectivity index (χ1v) is 20.0. The Kier molecular flexibility index (Phi) is 12.9. The normalized spacial score (nSPS) is 12.9. The SMILES string of the molecule is CCNC(=O)c1noc(-c2cc(C(C)C)c(O)cc2O)c1-c1ccc(CN2CCN(C(=O)Oc3cc(-c4cnoc4-c4cc(OC)c(OC)c(OC)c4)ccc3OC)CC2)cc1. The summed E-state index contributed by atoms with van der Waals surface area (Å²) in [5.74, 6) is 1.93. The minimum atomic E-state index is -0.507. The van der Waals surface area contributed by atoms with E-state index < -0.39 is 12.0 Å². The number of carbonyl (C=O) groups is 2. The van der Waals surface area contributed by atoms with Gasteiger partial charge in [0, 0.05) is 56.5 Å². The third-order valence-corrected chi connectivity index (χ3v) is 10.7. The monoisotopic (exact) mass is 847 g/mol. The van der Waals surface area contributed by atoms with Gasteiger partial charge in [-0.1, -0.05) is 54.5 Å². The molecule has 324 valence electrons. The Hall–Kier alpha value is -7.20. The third kappa shape index (κ3) is 8.67. The van der Waals surface area contributed by atoms with E-state index in [1.54, 1.807) is 41.4 Å². The van der Waals surface area contributed by atoms with Gasteiger partial charge in [0.2, 0.25) is 5.75 Å². The van der Waals surface area contributed by atoms with Gasteiger partial charge in [0.15, 0.2) is 40.2 Å². The number of ether oxygens (including phenoxy) is 5. The maximum Gasteiger partial charge on any atom is 0.415 e. The lowest BCUT2D eigenvalue weighted by Gasteiger charge is -2.34. The van der Waals surface area contributed by atoms with E-state index in [0.717, 1.165) is 5.56 Å². The molecule has 2 amide bonds. The largest absolute Gasteiger partial charge is 0.508 e. The fraction of sp³-hybridized carbons (Fsp3) is 0.304. The van der Waals surface area contributed by atoms with E-state index in [0.29, 0.717) is 107 Å². The molecule has 0 radical (unpaired) electrons. The zero-order chi connectivity index (χ0) is 44.1. The molecule has 0 atom stereocenters. The fourth-order valence-electron chi connectivity index (χ4n) is 7.45. The maximum absolute atomic E-state index is 13.6. The van der Waals surface area contributed by atoms with E-state index in [1.165, 1.54) is 34.5 Å². The van der Waals surface area contributed by atoms with Gasteiger partial charge in [0.25, 0.3) is 5.91 Å². The summed E-state index contributed by atoms with van der Waals surface area (Å²) in [5, 5.41) is 32.3. The number of hydrogen-bond donors (Lipinski definition) is 3. The number of hydrogen-bond acceptors (Lipinski definition) is 14. The maximum atomic E-state index is 13.6. The molecule has 1 fully saturated rings. The van der Waals surface area contributed by atoms with Crippen molar-refractivity contribution in [2.45, 2.75) is 33.2 Å². The Labute approximate surface area is 358 Å². The van der Waals surface area contributed by atoms with Crippen molar-refractivity contribution in [1.29, 1.82) is 0 Å². The molecule has 0 aliphatic carbocycles. The van der Waals surface area contributed by atoms with E-state index in [2.05, 4.69) is 20.5 Å². The molecule has 7 rings (SSSR count). The van der Waals surface area contributed by atoms with Crippen molar-refractivity contribution in [2.24, 2.45) is 0 Å². The Morgan fingerprint density at radius 1 is 0.742 bits per heavy atom. The Morgan fingerprint density at radius 3 is 2.03 bits per heavy atom. The predicted molar refractivity (Wildman–Crippen MR) is 229 cm³/mol. The second-order valence-corrected chi connectivity index (χ2v) is 14.9. The van der Waals surface area contributed by atoms with Crippen LogP contribution in [-0.4, -0.2) is 103 Å². The second-order valence-electron chi connectivity index (χ2n) is 14.9. The number of phenolic OH excluding ortho intramolecular Hbond substituents is 2. The molecule has 16 heteroatoms. The van der Waals surface area contributed by atoms with E-state index in [1.807, 2.05) is 51.1 Å². The lowest BCUT2D eigenvalue weighted by Crippen LogP contribution is -2.49. The highest BCUT2D eigenvalue weighted by atomic mass is 16.6. The highest BCUT2D eigenvalue weighted by Gasteiger charge is 2.29. The van der Waals surface area contributed by atoms with Gasteiger partial charge in [0.1, 0.15) is 11.5 Å². The minimum absolute atomic E-state index is 0.0350.